The van der Waals surface area contributed by atoms with E-state index < -0.39 is 0 Å². The molecular formula is C11H20N4O. The number of unbranched alkanes of at least 4 members (excludes halogenated alkanes) is 1. The van der Waals surface area contributed by atoms with Crippen molar-refractivity contribution in [2.24, 2.45) is 7.05 Å². The summed E-state index contributed by atoms with van der Waals surface area (Å²) >= 11 is 0. The Hall–Kier alpha value is -1.52. The van der Waals surface area contributed by atoms with E-state index in [9.17, 15) is 4.79 Å². The molecule has 2 amide bonds. The van der Waals surface area contributed by atoms with Crippen molar-refractivity contribution < 1.29 is 4.79 Å². The average molecular weight is 224 g/mol. The molecule has 1 aromatic heterocycles. The highest BCUT2D eigenvalue weighted by Gasteiger charge is 1.99. The molecule has 0 saturated heterocycles. The second-order valence-electron chi connectivity index (χ2n) is 3.81. The van der Waals surface area contributed by atoms with Gasteiger partial charge in [0.25, 0.3) is 0 Å². The molecule has 0 unspecified atom stereocenters. The summed E-state index contributed by atoms with van der Waals surface area (Å²) in [6, 6.07) is -0.0858. The molecule has 0 radical (unpaired) electrons. The first-order valence-electron chi connectivity index (χ1n) is 5.71. The van der Waals surface area contributed by atoms with Crippen LogP contribution >= 0.6 is 0 Å². The molecule has 1 heterocycles. The molecule has 2 N–H and O–H groups in total. The molecule has 90 valence electrons. The van der Waals surface area contributed by atoms with Crippen LogP contribution in [0.3, 0.4) is 0 Å². The van der Waals surface area contributed by atoms with Gasteiger partial charge in [-0.3, -0.25) is 4.68 Å². The van der Waals surface area contributed by atoms with Gasteiger partial charge in [0.15, 0.2) is 0 Å². The largest absolute Gasteiger partial charge is 0.338 e. The third-order valence-corrected chi connectivity index (χ3v) is 2.27. The number of amides is 2. The molecule has 0 saturated carbocycles. The van der Waals surface area contributed by atoms with E-state index in [0.717, 1.165) is 31.4 Å². The lowest BCUT2D eigenvalue weighted by molar-refractivity contribution is 0.241. The number of aryl methyl sites for hydroxylation is 1. The highest BCUT2D eigenvalue weighted by Crippen LogP contribution is 1.95. The second kappa shape index (κ2) is 6.87. The Balaban J connectivity index is 2.08. The van der Waals surface area contributed by atoms with E-state index in [0.29, 0.717) is 6.54 Å². The summed E-state index contributed by atoms with van der Waals surface area (Å²) in [7, 11) is 1.88. The molecule has 1 rings (SSSR count). The van der Waals surface area contributed by atoms with Gasteiger partial charge in [0.2, 0.25) is 0 Å². The van der Waals surface area contributed by atoms with Gasteiger partial charge in [-0.1, -0.05) is 13.3 Å². The molecular weight excluding hydrogens is 204 g/mol. The van der Waals surface area contributed by atoms with Crippen LogP contribution in [0.4, 0.5) is 4.79 Å². The number of urea groups is 1. The van der Waals surface area contributed by atoms with Crippen LogP contribution in [-0.4, -0.2) is 28.9 Å². The fourth-order valence-electron chi connectivity index (χ4n) is 1.36. The molecule has 5 heteroatoms. The van der Waals surface area contributed by atoms with Gasteiger partial charge >= 0.3 is 6.03 Å². The zero-order valence-corrected chi connectivity index (χ0v) is 9.99. The Morgan fingerprint density at radius 3 is 2.81 bits per heavy atom. The number of carbonyl (C=O) groups is 1. The van der Waals surface area contributed by atoms with Gasteiger partial charge in [-0.15, -0.1) is 0 Å². The van der Waals surface area contributed by atoms with E-state index in [4.69, 9.17) is 0 Å². The second-order valence-corrected chi connectivity index (χ2v) is 3.81. The molecule has 0 aliphatic rings. The fourth-order valence-corrected chi connectivity index (χ4v) is 1.36. The highest BCUT2D eigenvalue weighted by molar-refractivity contribution is 5.73. The normalized spacial score (nSPS) is 10.1. The maximum atomic E-state index is 11.3. The lowest BCUT2D eigenvalue weighted by Gasteiger charge is -2.05. The van der Waals surface area contributed by atoms with Crippen LogP contribution in [0.1, 0.15) is 25.3 Å². The zero-order valence-electron chi connectivity index (χ0n) is 9.99. The van der Waals surface area contributed by atoms with Crippen molar-refractivity contribution in [3.8, 4) is 0 Å². The van der Waals surface area contributed by atoms with Gasteiger partial charge in [-0.05, 0) is 18.4 Å². The van der Waals surface area contributed by atoms with E-state index in [-0.39, 0.29) is 6.03 Å². The molecule has 16 heavy (non-hydrogen) atoms. The zero-order chi connectivity index (χ0) is 11.8. The SMILES string of the molecule is CCCCNC(=O)NCCc1cnn(C)c1. The lowest BCUT2D eigenvalue weighted by Crippen LogP contribution is -2.37. The maximum absolute atomic E-state index is 11.3. The smallest absolute Gasteiger partial charge is 0.314 e. The van der Waals surface area contributed by atoms with Crippen molar-refractivity contribution in [3.05, 3.63) is 18.0 Å². The van der Waals surface area contributed by atoms with Gasteiger partial charge in [0.05, 0.1) is 6.20 Å². The Labute approximate surface area is 96.2 Å². The van der Waals surface area contributed by atoms with Crippen LogP contribution < -0.4 is 10.6 Å². The first-order chi connectivity index (χ1) is 7.72. The lowest BCUT2D eigenvalue weighted by atomic mass is 10.2. The minimum Gasteiger partial charge on any atom is -0.338 e. The number of carbonyl (C=O) groups excluding carboxylic acids is 1. The van der Waals surface area contributed by atoms with E-state index in [1.165, 1.54) is 0 Å². The Bertz CT molecular complexity index is 322. The summed E-state index contributed by atoms with van der Waals surface area (Å²) in [5, 5.41) is 9.68. The van der Waals surface area contributed by atoms with Gasteiger partial charge in [0, 0.05) is 26.3 Å². The highest BCUT2D eigenvalue weighted by atomic mass is 16.2. The van der Waals surface area contributed by atoms with Gasteiger partial charge < -0.3 is 10.6 Å². The van der Waals surface area contributed by atoms with Crippen molar-refractivity contribution in [2.75, 3.05) is 13.1 Å². The van der Waals surface area contributed by atoms with Crippen molar-refractivity contribution in [1.29, 1.82) is 0 Å². The maximum Gasteiger partial charge on any atom is 0.314 e. The number of rotatable bonds is 6. The third-order valence-electron chi connectivity index (χ3n) is 2.27. The van der Waals surface area contributed by atoms with Crippen molar-refractivity contribution >= 4 is 6.03 Å². The van der Waals surface area contributed by atoms with Crippen LogP contribution in [0.2, 0.25) is 0 Å². The van der Waals surface area contributed by atoms with Gasteiger partial charge in [-0.25, -0.2) is 4.79 Å². The molecule has 5 nitrogen and oxygen atoms in total. The molecule has 1 aromatic rings. The molecule has 0 aromatic carbocycles. The van der Waals surface area contributed by atoms with E-state index in [1.54, 1.807) is 4.68 Å². The van der Waals surface area contributed by atoms with E-state index in [2.05, 4.69) is 22.7 Å². The summed E-state index contributed by atoms with van der Waals surface area (Å²) in [4.78, 5) is 11.3. The number of hydrogen-bond donors (Lipinski definition) is 2. The van der Waals surface area contributed by atoms with Crippen LogP contribution in [0.25, 0.3) is 0 Å². The fraction of sp³-hybridized carbons (Fsp3) is 0.636. The number of nitrogens with zero attached hydrogens (tertiary/aromatic N) is 2. The molecule has 0 aliphatic heterocycles. The Kier molecular flexibility index (Phi) is 5.39. The first-order valence-corrected chi connectivity index (χ1v) is 5.71. The van der Waals surface area contributed by atoms with Crippen molar-refractivity contribution in [3.63, 3.8) is 0 Å². The first kappa shape index (κ1) is 12.5. The van der Waals surface area contributed by atoms with Crippen LogP contribution in [-0.2, 0) is 13.5 Å². The quantitative estimate of drug-likeness (QED) is 0.710. The standard InChI is InChI=1S/C11H20N4O/c1-3-4-6-12-11(16)13-7-5-10-8-14-15(2)9-10/h8-9H,3-7H2,1-2H3,(H2,12,13,16). The number of hydrogen-bond acceptors (Lipinski definition) is 2. The van der Waals surface area contributed by atoms with E-state index >= 15 is 0 Å². The topological polar surface area (TPSA) is 59.0 Å². The summed E-state index contributed by atoms with van der Waals surface area (Å²) in [6.07, 6.45) is 6.70. The van der Waals surface area contributed by atoms with Gasteiger partial charge in [-0.2, -0.15) is 5.10 Å². The Morgan fingerprint density at radius 2 is 2.19 bits per heavy atom. The molecule has 0 bridgehead atoms. The minimum atomic E-state index is -0.0858. The minimum absolute atomic E-state index is 0.0858. The third kappa shape index (κ3) is 4.82. The molecule has 0 spiro atoms. The predicted molar refractivity (Wildman–Crippen MR) is 63.2 cm³/mol. The van der Waals surface area contributed by atoms with Crippen LogP contribution in [0.5, 0.6) is 0 Å². The number of aromatic nitrogens is 2. The van der Waals surface area contributed by atoms with Crippen molar-refractivity contribution in [1.82, 2.24) is 20.4 Å². The van der Waals surface area contributed by atoms with Gasteiger partial charge in [0.1, 0.15) is 0 Å². The molecule has 0 aliphatic carbocycles. The molecule has 0 atom stereocenters. The monoisotopic (exact) mass is 224 g/mol. The predicted octanol–water partition coefficient (Wildman–Crippen LogP) is 1.06. The van der Waals surface area contributed by atoms with Crippen LogP contribution in [0.15, 0.2) is 12.4 Å². The molecule has 0 fully saturated rings. The Morgan fingerprint density at radius 1 is 1.44 bits per heavy atom. The average Bonchev–Trinajstić information content (AvgIpc) is 2.65. The summed E-state index contributed by atoms with van der Waals surface area (Å²) in [5.41, 5.74) is 1.14. The summed E-state index contributed by atoms with van der Waals surface area (Å²) < 4.78 is 1.76. The van der Waals surface area contributed by atoms with Crippen LogP contribution in [0, 0.1) is 0 Å². The van der Waals surface area contributed by atoms with Crippen molar-refractivity contribution in [2.45, 2.75) is 26.2 Å². The summed E-state index contributed by atoms with van der Waals surface area (Å²) in [6.45, 7) is 3.49. The summed E-state index contributed by atoms with van der Waals surface area (Å²) in [5.74, 6) is 0. The van der Waals surface area contributed by atoms with E-state index in [1.807, 2.05) is 19.4 Å². The number of nitrogens with one attached hydrogen (secondary N) is 2.